The zero-order chi connectivity index (χ0) is 12.3. The Bertz CT molecular complexity index is 339. The number of piperidine rings is 1. The molecule has 1 aliphatic rings. The Labute approximate surface area is 103 Å². The minimum atomic E-state index is 0.672. The van der Waals surface area contributed by atoms with Crippen molar-refractivity contribution in [1.29, 1.82) is 0 Å². The molecule has 1 aliphatic heterocycles. The van der Waals surface area contributed by atoms with Crippen molar-refractivity contribution in [1.82, 2.24) is 9.88 Å². The van der Waals surface area contributed by atoms with Crippen molar-refractivity contribution in [3.05, 3.63) is 23.9 Å². The molecule has 2 rings (SSSR count). The van der Waals surface area contributed by atoms with Crippen LogP contribution in [0, 0.1) is 0 Å². The van der Waals surface area contributed by atoms with E-state index in [0.717, 1.165) is 6.54 Å². The van der Waals surface area contributed by atoms with Crippen LogP contribution in [0.3, 0.4) is 0 Å². The Morgan fingerprint density at radius 3 is 2.59 bits per heavy atom. The molecule has 0 aromatic carbocycles. The summed E-state index contributed by atoms with van der Waals surface area (Å²) in [6.07, 6.45) is 5.87. The smallest absolute Gasteiger partial charge is 0.139 e. The third-order valence-electron chi connectivity index (χ3n) is 3.71. The number of likely N-dealkylation sites (tertiary alicyclic amines) is 1. The van der Waals surface area contributed by atoms with Gasteiger partial charge in [-0.05, 0) is 38.3 Å². The quantitative estimate of drug-likeness (QED) is 0.621. The van der Waals surface area contributed by atoms with Crippen LogP contribution in [0.2, 0.25) is 0 Å². The second-order valence-corrected chi connectivity index (χ2v) is 5.00. The lowest BCUT2D eigenvalue weighted by molar-refractivity contribution is 0.0952. The van der Waals surface area contributed by atoms with Crippen LogP contribution in [-0.4, -0.2) is 22.0 Å². The van der Waals surface area contributed by atoms with Gasteiger partial charge in [0.05, 0.1) is 0 Å². The Morgan fingerprint density at radius 1 is 1.35 bits per heavy atom. The second-order valence-electron chi connectivity index (χ2n) is 5.00. The fourth-order valence-electron chi connectivity index (χ4n) is 2.60. The van der Waals surface area contributed by atoms with Crippen molar-refractivity contribution in [3.63, 3.8) is 0 Å². The Kier molecular flexibility index (Phi) is 3.97. The molecule has 0 amide bonds. The molecule has 1 fully saturated rings. The maximum absolute atomic E-state index is 5.31. The molecule has 1 aromatic rings. The predicted molar refractivity (Wildman–Crippen MR) is 70.4 cm³/mol. The van der Waals surface area contributed by atoms with E-state index in [1.54, 1.807) is 0 Å². The maximum Gasteiger partial charge on any atom is 0.139 e. The molecule has 2 heterocycles. The zero-order valence-electron chi connectivity index (χ0n) is 10.7. The van der Waals surface area contributed by atoms with Gasteiger partial charge in [-0.15, -0.1) is 0 Å². The molecule has 17 heavy (non-hydrogen) atoms. The summed E-state index contributed by atoms with van der Waals surface area (Å²) in [5.41, 5.74) is 3.80. The molecular weight excluding hydrogens is 212 g/mol. The molecule has 0 saturated carbocycles. The van der Waals surface area contributed by atoms with Gasteiger partial charge in [0.1, 0.15) is 5.82 Å². The fourth-order valence-corrected chi connectivity index (χ4v) is 2.60. The normalized spacial score (nSPS) is 25.8. The van der Waals surface area contributed by atoms with E-state index in [-0.39, 0.29) is 0 Å². The molecule has 0 spiro atoms. The van der Waals surface area contributed by atoms with Crippen LogP contribution in [0.1, 0.15) is 38.7 Å². The summed E-state index contributed by atoms with van der Waals surface area (Å²) in [7, 11) is 0. The first-order valence-corrected chi connectivity index (χ1v) is 6.38. The summed E-state index contributed by atoms with van der Waals surface area (Å²) in [6, 6.07) is 5.36. The van der Waals surface area contributed by atoms with Gasteiger partial charge in [-0.2, -0.15) is 0 Å². The zero-order valence-corrected chi connectivity index (χ0v) is 10.7. The van der Waals surface area contributed by atoms with Crippen molar-refractivity contribution in [3.8, 4) is 0 Å². The molecule has 2 unspecified atom stereocenters. The average Bonchev–Trinajstić information content (AvgIpc) is 2.35. The second kappa shape index (κ2) is 5.47. The van der Waals surface area contributed by atoms with Gasteiger partial charge in [-0.1, -0.05) is 12.5 Å². The van der Waals surface area contributed by atoms with E-state index in [0.29, 0.717) is 17.9 Å². The number of nitrogen functional groups attached to an aromatic ring is 1. The van der Waals surface area contributed by atoms with E-state index in [1.165, 1.54) is 24.8 Å². The molecule has 2 atom stereocenters. The monoisotopic (exact) mass is 234 g/mol. The number of hydrogen-bond donors (Lipinski definition) is 2. The maximum atomic E-state index is 5.31. The Morgan fingerprint density at radius 2 is 2.06 bits per heavy atom. The van der Waals surface area contributed by atoms with Crippen LogP contribution < -0.4 is 11.3 Å². The molecule has 0 radical (unpaired) electrons. The molecular formula is C13H22N4. The number of aromatic nitrogens is 1. The van der Waals surface area contributed by atoms with Crippen LogP contribution >= 0.6 is 0 Å². The van der Waals surface area contributed by atoms with Gasteiger partial charge in [0.25, 0.3) is 0 Å². The molecule has 3 N–H and O–H groups in total. The highest BCUT2D eigenvalue weighted by atomic mass is 15.2. The molecule has 1 aromatic heterocycles. The van der Waals surface area contributed by atoms with Gasteiger partial charge in [0.2, 0.25) is 0 Å². The van der Waals surface area contributed by atoms with Crippen LogP contribution in [0.4, 0.5) is 5.82 Å². The molecule has 1 saturated heterocycles. The van der Waals surface area contributed by atoms with E-state index in [2.05, 4.69) is 35.2 Å². The van der Waals surface area contributed by atoms with Gasteiger partial charge in [0, 0.05) is 24.8 Å². The average molecular weight is 234 g/mol. The lowest BCUT2D eigenvalue weighted by Gasteiger charge is -2.39. The van der Waals surface area contributed by atoms with E-state index in [1.807, 2.05) is 12.3 Å². The van der Waals surface area contributed by atoms with Crippen molar-refractivity contribution in [2.24, 2.45) is 5.84 Å². The van der Waals surface area contributed by atoms with Gasteiger partial charge in [-0.3, -0.25) is 4.90 Å². The summed E-state index contributed by atoms with van der Waals surface area (Å²) >= 11 is 0. The van der Waals surface area contributed by atoms with E-state index in [9.17, 15) is 0 Å². The molecule has 4 heteroatoms. The van der Waals surface area contributed by atoms with Crippen LogP contribution in [0.5, 0.6) is 0 Å². The summed E-state index contributed by atoms with van der Waals surface area (Å²) in [5, 5.41) is 0. The first-order chi connectivity index (χ1) is 8.20. The van der Waals surface area contributed by atoms with Gasteiger partial charge >= 0.3 is 0 Å². The topological polar surface area (TPSA) is 54.2 Å². The largest absolute Gasteiger partial charge is 0.308 e. The number of pyridine rings is 1. The van der Waals surface area contributed by atoms with Gasteiger partial charge in [-0.25, -0.2) is 10.8 Å². The molecule has 4 nitrogen and oxygen atoms in total. The third kappa shape index (κ3) is 2.96. The molecule has 0 aliphatic carbocycles. The Balaban J connectivity index is 2.03. The van der Waals surface area contributed by atoms with E-state index in [4.69, 9.17) is 5.84 Å². The van der Waals surface area contributed by atoms with Crippen molar-refractivity contribution >= 4 is 5.82 Å². The van der Waals surface area contributed by atoms with Gasteiger partial charge < -0.3 is 5.43 Å². The molecule has 0 bridgehead atoms. The highest BCUT2D eigenvalue weighted by Crippen LogP contribution is 2.24. The van der Waals surface area contributed by atoms with Crippen LogP contribution in [0.15, 0.2) is 18.3 Å². The fraction of sp³-hybridized carbons (Fsp3) is 0.615. The highest BCUT2D eigenvalue weighted by molar-refractivity contribution is 5.33. The number of rotatable bonds is 3. The summed E-state index contributed by atoms with van der Waals surface area (Å²) in [4.78, 5) is 6.82. The summed E-state index contributed by atoms with van der Waals surface area (Å²) in [5.74, 6) is 6.02. The third-order valence-corrected chi connectivity index (χ3v) is 3.71. The first-order valence-electron chi connectivity index (χ1n) is 6.38. The van der Waals surface area contributed by atoms with Crippen LogP contribution in [-0.2, 0) is 6.54 Å². The predicted octanol–water partition coefficient (Wildman–Crippen LogP) is 2.13. The Hall–Kier alpha value is -1.13. The minimum Gasteiger partial charge on any atom is -0.308 e. The number of hydrogen-bond acceptors (Lipinski definition) is 4. The van der Waals surface area contributed by atoms with Crippen molar-refractivity contribution < 1.29 is 0 Å². The number of anilines is 1. The lowest BCUT2D eigenvalue weighted by Crippen LogP contribution is -2.42. The van der Waals surface area contributed by atoms with Crippen molar-refractivity contribution in [2.75, 3.05) is 5.43 Å². The first kappa shape index (κ1) is 12.3. The van der Waals surface area contributed by atoms with E-state index >= 15 is 0 Å². The number of nitrogens with zero attached hydrogens (tertiary/aromatic N) is 2. The summed E-state index contributed by atoms with van der Waals surface area (Å²) in [6.45, 7) is 5.62. The lowest BCUT2D eigenvalue weighted by atomic mass is 9.97. The standard InChI is InChI=1S/C13H22N4/c1-10-4-3-5-11(2)17(10)9-12-6-7-13(16-14)15-8-12/h6-8,10-11H,3-5,9,14H2,1-2H3,(H,15,16). The van der Waals surface area contributed by atoms with Gasteiger partial charge in [0.15, 0.2) is 0 Å². The number of nitrogens with one attached hydrogen (secondary N) is 1. The summed E-state index contributed by atoms with van der Waals surface area (Å²) < 4.78 is 0. The van der Waals surface area contributed by atoms with Crippen LogP contribution in [0.25, 0.3) is 0 Å². The highest BCUT2D eigenvalue weighted by Gasteiger charge is 2.24. The molecule has 94 valence electrons. The SMILES string of the molecule is CC1CCCC(C)N1Cc1ccc(NN)nc1. The number of nitrogens with two attached hydrogens (primary N) is 1. The van der Waals surface area contributed by atoms with E-state index < -0.39 is 0 Å². The minimum absolute atomic E-state index is 0.672. The number of hydrazine groups is 1. The van der Waals surface area contributed by atoms with Crippen molar-refractivity contribution in [2.45, 2.75) is 51.7 Å².